The van der Waals surface area contributed by atoms with Gasteiger partial charge in [0.15, 0.2) is 0 Å². The van der Waals surface area contributed by atoms with Crippen molar-refractivity contribution in [2.75, 3.05) is 26.4 Å². The zero-order valence-corrected chi connectivity index (χ0v) is 11.7. The molecular weight excluding hydrogens is 242 g/mol. The second-order valence-electron chi connectivity index (χ2n) is 6.63. The van der Waals surface area contributed by atoms with Crippen LogP contribution >= 0.6 is 0 Å². The molecule has 1 saturated carbocycles. The van der Waals surface area contributed by atoms with Gasteiger partial charge in [0.1, 0.15) is 12.4 Å². The molecule has 6 atom stereocenters. The van der Waals surface area contributed by atoms with Crippen LogP contribution in [0.15, 0.2) is 0 Å². The molecule has 0 spiro atoms. The number of ether oxygens (including phenoxy) is 2. The molecule has 5 unspecified atom stereocenters. The normalized spacial score (nSPS) is 51.0. The van der Waals surface area contributed by atoms with Crippen LogP contribution in [0.3, 0.4) is 0 Å². The van der Waals surface area contributed by atoms with Crippen molar-refractivity contribution in [1.29, 1.82) is 0 Å². The maximum atomic E-state index is 6.03. The van der Waals surface area contributed by atoms with E-state index in [1.165, 1.54) is 19.3 Å². The first-order valence-corrected chi connectivity index (χ1v) is 7.78. The predicted octanol–water partition coefficient (Wildman–Crippen LogP) is 0.120. The molecule has 5 nitrogen and oxygen atoms in total. The Morgan fingerprint density at radius 2 is 2.05 bits per heavy atom. The smallest absolute Gasteiger partial charge is 0.137 e. The maximum absolute atomic E-state index is 6.03. The molecule has 3 aliphatic heterocycles. The molecule has 2 N–H and O–H groups in total. The molecule has 4 fully saturated rings. The van der Waals surface area contributed by atoms with E-state index in [9.17, 15) is 0 Å². The highest BCUT2D eigenvalue weighted by Gasteiger charge is 2.46. The van der Waals surface area contributed by atoms with Crippen LogP contribution in [0.25, 0.3) is 0 Å². The van der Waals surface area contributed by atoms with Crippen molar-refractivity contribution in [3.8, 4) is 0 Å². The Balaban J connectivity index is 1.50. The lowest BCUT2D eigenvalue weighted by molar-refractivity contribution is -0.184. The first kappa shape index (κ1) is 12.5. The standard InChI is InChI=1S/C14H25N3O2/c1-9-2-3-11-12(6-9)15-13-14(16-11)19-8-10-7-18-5-4-17(10)13/h9-16H,2-8H2,1H3/t9?,10-,11?,12?,13?,14?/m0/s1. The molecule has 1 aliphatic carbocycles. The zero-order valence-electron chi connectivity index (χ0n) is 11.7. The van der Waals surface area contributed by atoms with E-state index in [1.54, 1.807) is 0 Å². The summed E-state index contributed by atoms with van der Waals surface area (Å²) in [4.78, 5) is 2.56. The lowest BCUT2D eigenvalue weighted by Crippen LogP contribution is -2.76. The van der Waals surface area contributed by atoms with Crippen molar-refractivity contribution in [3.05, 3.63) is 0 Å². The minimum Gasteiger partial charge on any atom is -0.378 e. The zero-order chi connectivity index (χ0) is 12.8. The highest BCUT2D eigenvalue weighted by Crippen LogP contribution is 2.30. The summed E-state index contributed by atoms with van der Waals surface area (Å²) in [7, 11) is 0. The summed E-state index contributed by atoms with van der Waals surface area (Å²) in [6, 6.07) is 1.63. The fourth-order valence-corrected chi connectivity index (χ4v) is 4.17. The van der Waals surface area contributed by atoms with Gasteiger partial charge in [-0.3, -0.25) is 15.5 Å². The van der Waals surface area contributed by atoms with E-state index in [0.717, 1.165) is 32.3 Å². The third kappa shape index (κ3) is 2.21. The fourth-order valence-electron chi connectivity index (χ4n) is 4.17. The number of nitrogens with one attached hydrogen (secondary N) is 2. The van der Waals surface area contributed by atoms with Crippen LogP contribution in [0.5, 0.6) is 0 Å². The van der Waals surface area contributed by atoms with Crippen LogP contribution in [0.1, 0.15) is 26.2 Å². The van der Waals surface area contributed by atoms with E-state index in [0.29, 0.717) is 24.3 Å². The average Bonchev–Trinajstić information content (AvgIpc) is 2.45. The molecule has 19 heavy (non-hydrogen) atoms. The summed E-state index contributed by atoms with van der Waals surface area (Å²) in [6.07, 6.45) is 4.39. The van der Waals surface area contributed by atoms with Gasteiger partial charge in [-0.1, -0.05) is 6.92 Å². The highest BCUT2D eigenvalue weighted by molar-refractivity contribution is 5.00. The van der Waals surface area contributed by atoms with E-state index in [-0.39, 0.29) is 6.23 Å². The van der Waals surface area contributed by atoms with Gasteiger partial charge in [-0.25, -0.2) is 0 Å². The number of piperazine rings is 1. The van der Waals surface area contributed by atoms with Crippen LogP contribution in [-0.2, 0) is 9.47 Å². The molecule has 108 valence electrons. The second-order valence-corrected chi connectivity index (χ2v) is 6.63. The van der Waals surface area contributed by atoms with E-state index >= 15 is 0 Å². The average molecular weight is 267 g/mol. The number of fused-ring (bicyclic) bond motifs is 4. The Morgan fingerprint density at radius 3 is 3.00 bits per heavy atom. The van der Waals surface area contributed by atoms with E-state index < -0.39 is 0 Å². The maximum Gasteiger partial charge on any atom is 0.137 e. The van der Waals surface area contributed by atoms with E-state index in [4.69, 9.17) is 9.47 Å². The molecule has 3 heterocycles. The topological polar surface area (TPSA) is 45.8 Å². The number of nitrogens with zero attached hydrogens (tertiary/aromatic N) is 1. The third-order valence-corrected chi connectivity index (χ3v) is 5.26. The van der Waals surface area contributed by atoms with Gasteiger partial charge in [-0.2, -0.15) is 0 Å². The van der Waals surface area contributed by atoms with Gasteiger partial charge in [0.25, 0.3) is 0 Å². The van der Waals surface area contributed by atoms with Crippen LogP contribution in [0, 0.1) is 5.92 Å². The van der Waals surface area contributed by atoms with Gasteiger partial charge in [-0.15, -0.1) is 0 Å². The molecule has 0 amide bonds. The summed E-state index contributed by atoms with van der Waals surface area (Å²) in [5.41, 5.74) is 0. The lowest BCUT2D eigenvalue weighted by Gasteiger charge is -2.55. The van der Waals surface area contributed by atoms with Crippen molar-refractivity contribution < 1.29 is 9.47 Å². The van der Waals surface area contributed by atoms with E-state index in [2.05, 4.69) is 22.5 Å². The Kier molecular flexibility index (Phi) is 3.28. The number of hydrogen-bond donors (Lipinski definition) is 2. The molecule has 0 aromatic carbocycles. The molecule has 0 aromatic heterocycles. The van der Waals surface area contributed by atoms with Gasteiger partial charge in [-0.05, 0) is 25.2 Å². The summed E-state index contributed by atoms with van der Waals surface area (Å²) in [5.74, 6) is 0.845. The number of morpholine rings is 2. The van der Waals surface area contributed by atoms with Crippen molar-refractivity contribution in [3.63, 3.8) is 0 Å². The third-order valence-electron chi connectivity index (χ3n) is 5.26. The van der Waals surface area contributed by atoms with Gasteiger partial charge in [0.2, 0.25) is 0 Å². The van der Waals surface area contributed by atoms with E-state index in [1.807, 2.05) is 0 Å². The molecule has 3 saturated heterocycles. The van der Waals surface area contributed by atoms with Crippen LogP contribution in [0.4, 0.5) is 0 Å². The number of hydrogen-bond acceptors (Lipinski definition) is 5. The fraction of sp³-hybridized carbons (Fsp3) is 1.00. The monoisotopic (exact) mass is 267 g/mol. The quantitative estimate of drug-likeness (QED) is 0.653. The van der Waals surface area contributed by atoms with Crippen LogP contribution in [0.2, 0.25) is 0 Å². The Morgan fingerprint density at radius 1 is 1.11 bits per heavy atom. The minimum absolute atomic E-state index is 0.156. The van der Waals surface area contributed by atoms with Crippen molar-refractivity contribution in [2.45, 2.75) is 56.7 Å². The molecular formula is C14H25N3O2. The van der Waals surface area contributed by atoms with Gasteiger partial charge in [0, 0.05) is 18.6 Å². The minimum atomic E-state index is 0.156. The van der Waals surface area contributed by atoms with Crippen molar-refractivity contribution in [1.82, 2.24) is 15.5 Å². The van der Waals surface area contributed by atoms with Crippen molar-refractivity contribution >= 4 is 0 Å². The van der Waals surface area contributed by atoms with Gasteiger partial charge in [0.05, 0.1) is 25.9 Å². The lowest BCUT2D eigenvalue weighted by atomic mass is 9.81. The Labute approximate surface area is 115 Å². The highest BCUT2D eigenvalue weighted by atomic mass is 16.5. The summed E-state index contributed by atoms with van der Waals surface area (Å²) < 4.78 is 11.6. The SMILES string of the molecule is CC1CCC2NC3OC[C@@H]4COCCN4C3NC2C1. The molecule has 0 aromatic rings. The number of rotatable bonds is 0. The van der Waals surface area contributed by atoms with Crippen LogP contribution < -0.4 is 10.6 Å². The Hall–Kier alpha value is -0.200. The van der Waals surface area contributed by atoms with Crippen LogP contribution in [-0.4, -0.2) is 61.8 Å². The van der Waals surface area contributed by atoms with Gasteiger partial charge < -0.3 is 9.47 Å². The predicted molar refractivity (Wildman–Crippen MR) is 71.7 cm³/mol. The Bertz CT molecular complexity index is 341. The molecule has 0 radical (unpaired) electrons. The first-order valence-electron chi connectivity index (χ1n) is 7.78. The summed E-state index contributed by atoms with van der Waals surface area (Å²) >= 11 is 0. The summed E-state index contributed by atoms with van der Waals surface area (Å²) in [6.45, 7) is 5.86. The summed E-state index contributed by atoms with van der Waals surface area (Å²) in [5, 5.41) is 7.61. The molecule has 5 heteroatoms. The van der Waals surface area contributed by atoms with Gasteiger partial charge >= 0.3 is 0 Å². The molecule has 4 rings (SSSR count). The van der Waals surface area contributed by atoms with Crippen molar-refractivity contribution in [2.24, 2.45) is 5.92 Å². The second kappa shape index (κ2) is 4.97. The molecule has 4 aliphatic rings. The first-order chi connectivity index (χ1) is 9.31. The largest absolute Gasteiger partial charge is 0.378 e. The molecule has 0 bridgehead atoms.